The Morgan fingerprint density at radius 1 is 1.06 bits per heavy atom. The average Bonchev–Trinajstić information content (AvgIpc) is 3.15. The second kappa shape index (κ2) is 10.9. The van der Waals surface area contributed by atoms with Crippen molar-refractivity contribution in [3.63, 3.8) is 0 Å². The third-order valence-electron chi connectivity index (χ3n) is 7.16. The van der Waals surface area contributed by atoms with Crippen LogP contribution < -0.4 is 10.6 Å². The molecule has 0 heterocycles. The number of carbonyl (C=O) groups is 3. The summed E-state index contributed by atoms with van der Waals surface area (Å²) in [6.45, 7) is 0.637. The number of carboxylic acids is 1. The summed E-state index contributed by atoms with van der Waals surface area (Å²) in [6.07, 6.45) is 2.14. The summed E-state index contributed by atoms with van der Waals surface area (Å²) in [5.74, 6) is -1.39. The van der Waals surface area contributed by atoms with Crippen LogP contribution in [0.5, 0.6) is 0 Å². The van der Waals surface area contributed by atoms with Gasteiger partial charge in [-0.25, -0.2) is 4.79 Å². The molecule has 1 saturated carbocycles. The molecule has 2 amide bonds. The molecular formula is C27H32N2O6. The van der Waals surface area contributed by atoms with Gasteiger partial charge < -0.3 is 25.2 Å². The van der Waals surface area contributed by atoms with Crippen molar-refractivity contribution in [2.24, 2.45) is 5.41 Å². The van der Waals surface area contributed by atoms with Gasteiger partial charge >= 0.3 is 12.1 Å². The molecule has 2 aromatic rings. The highest BCUT2D eigenvalue weighted by molar-refractivity contribution is 5.86. The van der Waals surface area contributed by atoms with Crippen LogP contribution >= 0.6 is 0 Å². The maximum absolute atomic E-state index is 12.9. The summed E-state index contributed by atoms with van der Waals surface area (Å²) in [5.41, 5.74) is 3.58. The minimum absolute atomic E-state index is 0.0499. The lowest BCUT2D eigenvalue weighted by Crippen LogP contribution is -2.53. The molecule has 2 aliphatic carbocycles. The fourth-order valence-electron chi connectivity index (χ4n) is 4.93. The van der Waals surface area contributed by atoms with Gasteiger partial charge in [-0.1, -0.05) is 55.0 Å². The summed E-state index contributed by atoms with van der Waals surface area (Å²) >= 11 is 0. The number of rotatable bonds is 11. The molecule has 1 unspecified atom stereocenters. The van der Waals surface area contributed by atoms with Crippen molar-refractivity contribution in [1.29, 1.82) is 0 Å². The predicted octanol–water partition coefficient (Wildman–Crippen LogP) is 3.69. The molecule has 0 saturated heterocycles. The van der Waals surface area contributed by atoms with Gasteiger partial charge in [0.2, 0.25) is 5.91 Å². The minimum atomic E-state index is -0.906. The topological polar surface area (TPSA) is 114 Å². The Morgan fingerprint density at radius 2 is 1.69 bits per heavy atom. The van der Waals surface area contributed by atoms with Crippen LogP contribution in [0.25, 0.3) is 11.1 Å². The highest BCUT2D eigenvalue weighted by Crippen LogP contribution is 2.44. The molecule has 4 rings (SSSR count). The maximum atomic E-state index is 12.9. The first kappa shape index (κ1) is 24.7. The summed E-state index contributed by atoms with van der Waals surface area (Å²) in [4.78, 5) is 37.2. The van der Waals surface area contributed by atoms with Gasteiger partial charge in [0.25, 0.3) is 0 Å². The monoisotopic (exact) mass is 480 g/mol. The molecule has 0 aromatic heterocycles. The number of amides is 2. The summed E-state index contributed by atoms with van der Waals surface area (Å²) < 4.78 is 10.7. The van der Waals surface area contributed by atoms with E-state index in [1.807, 2.05) is 36.4 Å². The Morgan fingerprint density at radius 3 is 2.23 bits per heavy atom. The highest BCUT2D eigenvalue weighted by atomic mass is 16.5. The molecule has 2 aromatic carbocycles. The van der Waals surface area contributed by atoms with Crippen LogP contribution in [0.4, 0.5) is 4.79 Å². The smallest absolute Gasteiger partial charge is 0.407 e. The van der Waals surface area contributed by atoms with Gasteiger partial charge in [0.1, 0.15) is 12.6 Å². The molecule has 3 N–H and O–H groups in total. The summed E-state index contributed by atoms with van der Waals surface area (Å²) in [6, 6.07) is 15.3. The fraction of sp³-hybridized carbons (Fsp3) is 0.444. The van der Waals surface area contributed by atoms with Gasteiger partial charge in [-0.2, -0.15) is 0 Å². The van der Waals surface area contributed by atoms with E-state index in [1.54, 1.807) is 7.11 Å². The molecule has 2 aliphatic rings. The van der Waals surface area contributed by atoms with Crippen LogP contribution in [-0.2, 0) is 19.1 Å². The number of methoxy groups -OCH3 is 1. The van der Waals surface area contributed by atoms with Crippen molar-refractivity contribution in [2.75, 3.05) is 26.9 Å². The molecule has 0 aliphatic heterocycles. The number of hydrogen-bond acceptors (Lipinski definition) is 5. The lowest BCUT2D eigenvalue weighted by atomic mass is 9.69. The molecule has 8 nitrogen and oxygen atoms in total. The molecule has 0 radical (unpaired) electrons. The van der Waals surface area contributed by atoms with Gasteiger partial charge in [-0.15, -0.1) is 0 Å². The normalized spacial score (nSPS) is 16.4. The average molecular weight is 481 g/mol. The Hall–Kier alpha value is -3.39. The van der Waals surface area contributed by atoms with Crippen molar-refractivity contribution >= 4 is 18.0 Å². The number of nitrogens with one attached hydrogen (secondary N) is 2. The van der Waals surface area contributed by atoms with E-state index in [0.717, 1.165) is 28.7 Å². The second-order valence-corrected chi connectivity index (χ2v) is 9.31. The van der Waals surface area contributed by atoms with Crippen molar-refractivity contribution in [2.45, 2.75) is 44.1 Å². The molecule has 0 bridgehead atoms. The van der Waals surface area contributed by atoms with E-state index in [2.05, 4.69) is 22.8 Å². The first-order valence-electron chi connectivity index (χ1n) is 12.1. The van der Waals surface area contributed by atoms with E-state index in [4.69, 9.17) is 9.47 Å². The van der Waals surface area contributed by atoms with Crippen LogP contribution in [0, 0.1) is 5.41 Å². The van der Waals surface area contributed by atoms with E-state index >= 15 is 0 Å². The zero-order valence-electron chi connectivity index (χ0n) is 19.9. The number of fused-ring (bicyclic) bond motifs is 3. The molecule has 186 valence electrons. The lowest BCUT2D eigenvalue weighted by Gasteiger charge is -2.37. The Labute approximate surface area is 205 Å². The van der Waals surface area contributed by atoms with Gasteiger partial charge in [0.15, 0.2) is 0 Å². The van der Waals surface area contributed by atoms with Gasteiger partial charge in [0.05, 0.1) is 5.41 Å². The van der Waals surface area contributed by atoms with E-state index in [-0.39, 0.29) is 19.1 Å². The first-order chi connectivity index (χ1) is 16.9. The van der Waals surface area contributed by atoms with Gasteiger partial charge in [0, 0.05) is 26.2 Å². The van der Waals surface area contributed by atoms with E-state index in [0.29, 0.717) is 32.3 Å². The molecule has 8 heteroatoms. The number of carbonyl (C=O) groups excluding carboxylic acids is 2. The van der Waals surface area contributed by atoms with Crippen LogP contribution in [0.2, 0.25) is 0 Å². The number of alkyl carbamates (subject to hydrolysis) is 1. The third kappa shape index (κ3) is 5.32. The van der Waals surface area contributed by atoms with E-state index < -0.39 is 29.4 Å². The number of hydrogen-bond donors (Lipinski definition) is 3. The van der Waals surface area contributed by atoms with Crippen molar-refractivity contribution in [3.05, 3.63) is 59.7 Å². The first-order valence-corrected chi connectivity index (χ1v) is 12.1. The Bertz CT molecular complexity index is 1040. The Balaban J connectivity index is 1.37. The highest BCUT2D eigenvalue weighted by Gasteiger charge is 2.44. The molecule has 1 fully saturated rings. The predicted molar refractivity (Wildman–Crippen MR) is 130 cm³/mol. The maximum Gasteiger partial charge on any atom is 0.407 e. The number of benzene rings is 2. The minimum Gasteiger partial charge on any atom is -0.481 e. The zero-order valence-corrected chi connectivity index (χ0v) is 19.9. The van der Waals surface area contributed by atoms with Gasteiger partial charge in [-0.3, -0.25) is 9.59 Å². The van der Waals surface area contributed by atoms with Crippen LogP contribution in [0.15, 0.2) is 48.5 Å². The van der Waals surface area contributed by atoms with Crippen LogP contribution in [0.3, 0.4) is 0 Å². The fourth-order valence-corrected chi connectivity index (χ4v) is 4.93. The second-order valence-electron chi connectivity index (χ2n) is 9.31. The van der Waals surface area contributed by atoms with Crippen molar-refractivity contribution in [1.82, 2.24) is 10.6 Å². The van der Waals surface area contributed by atoms with Crippen molar-refractivity contribution in [3.8, 4) is 11.1 Å². The molecule has 35 heavy (non-hydrogen) atoms. The molecule has 0 spiro atoms. The van der Waals surface area contributed by atoms with Crippen LogP contribution in [0.1, 0.15) is 49.1 Å². The SMILES string of the molecule is COCCCC(NC(=O)OCC1c2ccccc2-c2ccccc21)C(=O)NCC1(C(=O)O)CCC1. The number of ether oxygens (including phenoxy) is 2. The zero-order chi connectivity index (χ0) is 24.8. The van der Waals surface area contributed by atoms with Crippen molar-refractivity contribution < 1.29 is 29.0 Å². The largest absolute Gasteiger partial charge is 0.481 e. The van der Waals surface area contributed by atoms with Crippen LogP contribution in [-0.4, -0.2) is 56.0 Å². The lowest BCUT2D eigenvalue weighted by molar-refractivity contribution is -0.154. The van der Waals surface area contributed by atoms with Gasteiger partial charge in [-0.05, 0) is 47.9 Å². The summed E-state index contributed by atoms with van der Waals surface area (Å²) in [7, 11) is 1.57. The number of carboxylic acid groups (broad SMARTS) is 1. The summed E-state index contributed by atoms with van der Waals surface area (Å²) in [5, 5.41) is 14.9. The third-order valence-corrected chi connectivity index (χ3v) is 7.16. The molecule has 1 atom stereocenters. The quantitative estimate of drug-likeness (QED) is 0.423. The Kier molecular flexibility index (Phi) is 7.70. The standard InChI is InChI=1S/C27H32N2O6/c1-34-15-6-12-23(24(30)28-17-27(25(31)32)13-7-14-27)29-26(33)35-16-22-20-10-4-2-8-18(20)19-9-3-5-11-21(19)22/h2-5,8-11,22-23H,6-7,12-17H2,1H3,(H,28,30)(H,29,33)(H,31,32). The van der Waals surface area contributed by atoms with E-state index in [1.165, 1.54) is 0 Å². The van der Waals surface area contributed by atoms with E-state index in [9.17, 15) is 19.5 Å². The number of aliphatic carboxylic acids is 1. The molecular weight excluding hydrogens is 448 g/mol.